The molecule has 0 unspecified atom stereocenters. The van der Waals surface area contributed by atoms with Gasteiger partial charge in [0, 0.05) is 31.9 Å². The Morgan fingerprint density at radius 3 is 2.63 bits per heavy atom. The number of thiophene rings is 1. The molecule has 0 spiro atoms. The zero-order chi connectivity index (χ0) is 13.9. The molecule has 0 saturated carbocycles. The van der Waals surface area contributed by atoms with E-state index in [1.807, 2.05) is 11.4 Å². The van der Waals surface area contributed by atoms with Crippen LogP contribution in [0.15, 0.2) is 45.1 Å². The molecule has 0 aliphatic carbocycles. The van der Waals surface area contributed by atoms with E-state index in [1.165, 1.54) is 6.07 Å². The summed E-state index contributed by atoms with van der Waals surface area (Å²) < 4.78 is 38.2. The molecule has 1 aromatic carbocycles. The molecular weight excluding hydrogens is 359 g/mol. The molecule has 1 heterocycles. The molecule has 0 bridgehead atoms. The molecule has 1 nitrogen and oxygen atoms in total. The Balaban J connectivity index is 2.07. The van der Waals surface area contributed by atoms with Crippen LogP contribution < -0.4 is 5.32 Å². The van der Waals surface area contributed by atoms with E-state index in [1.54, 1.807) is 29.5 Å². The average Bonchev–Trinajstić information content (AvgIpc) is 2.72. The normalized spacial score (nSPS) is 11.6. The first-order valence-electron chi connectivity index (χ1n) is 5.25. The molecule has 0 amide bonds. The van der Waals surface area contributed by atoms with Crippen LogP contribution in [-0.2, 0) is 6.54 Å². The summed E-state index contributed by atoms with van der Waals surface area (Å²) in [5.74, 6) is 0. The van der Waals surface area contributed by atoms with Gasteiger partial charge in [0.25, 0.3) is 0 Å². The molecule has 1 N–H and O–H groups in total. The zero-order valence-corrected chi connectivity index (χ0v) is 12.7. The summed E-state index contributed by atoms with van der Waals surface area (Å²) in [7, 11) is 0. The van der Waals surface area contributed by atoms with Gasteiger partial charge in [-0.1, -0.05) is 12.1 Å². The summed E-state index contributed by atoms with van der Waals surface area (Å²) in [4.78, 5) is 1.24. The molecule has 2 aromatic rings. The quantitative estimate of drug-likeness (QED) is 0.692. The van der Waals surface area contributed by atoms with Gasteiger partial charge in [-0.05, 0) is 45.9 Å². The number of hydrogen-bond acceptors (Lipinski definition) is 3. The van der Waals surface area contributed by atoms with Crippen LogP contribution in [0.4, 0.5) is 18.9 Å². The SMILES string of the molecule is FC(F)(F)Sc1ccccc1NCc1cc(Br)cs1. The maximum absolute atomic E-state index is 12.4. The smallest absolute Gasteiger partial charge is 0.379 e. The van der Waals surface area contributed by atoms with Gasteiger partial charge < -0.3 is 5.32 Å². The highest BCUT2D eigenvalue weighted by Gasteiger charge is 2.30. The van der Waals surface area contributed by atoms with Gasteiger partial charge in [-0.2, -0.15) is 13.2 Å². The largest absolute Gasteiger partial charge is 0.446 e. The molecule has 7 heteroatoms. The summed E-state index contributed by atoms with van der Waals surface area (Å²) >= 11 is 4.79. The fourth-order valence-electron chi connectivity index (χ4n) is 1.46. The Hall–Kier alpha value is -0.660. The summed E-state index contributed by atoms with van der Waals surface area (Å²) in [6, 6.07) is 8.37. The van der Waals surface area contributed by atoms with Gasteiger partial charge in [-0.15, -0.1) is 11.3 Å². The topological polar surface area (TPSA) is 12.0 Å². The Labute approximate surface area is 125 Å². The standard InChI is InChI=1S/C12H9BrF3NS2/c13-8-5-9(18-7-8)6-17-10-3-1-2-4-11(10)19-12(14,15)16/h1-5,7,17H,6H2. The van der Waals surface area contributed by atoms with E-state index in [9.17, 15) is 13.2 Å². The summed E-state index contributed by atoms with van der Waals surface area (Å²) in [5, 5.41) is 4.97. The van der Waals surface area contributed by atoms with Gasteiger partial charge >= 0.3 is 5.51 Å². The minimum atomic E-state index is -4.27. The molecule has 0 radical (unpaired) electrons. The molecule has 2 rings (SSSR count). The molecule has 19 heavy (non-hydrogen) atoms. The second-order valence-corrected chi connectivity index (χ2v) is 6.65. The van der Waals surface area contributed by atoms with Gasteiger partial charge in [0.2, 0.25) is 0 Å². The van der Waals surface area contributed by atoms with Crippen molar-refractivity contribution in [2.45, 2.75) is 16.9 Å². The molecular formula is C12H9BrF3NS2. The van der Waals surface area contributed by atoms with Gasteiger partial charge in [-0.3, -0.25) is 0 Å². The first-order chi connectivity index (χ1) is 8.94. The first kappa shape index (κ1) is 14.7. The lowest BCUT2D eigenvalue weighted by molar-refractivity contribution is -0.0327. The van der Waals surface area contributed by atoms with Crippen molar-refractivity contribution in [3.05, 3.63) is 45.1 Å². The van der Waals surface area contributed by atoms with Gasteiger partial charge in [0.1, 0.15) is 0 Å². The summed E-state index contributed by atoms with van der Waals surface area (Å²) in [5.41, 5.74) is -3.78. The molecule has 0 atom stereocenters. The zero-order valence-electron chi connectivity index (χ0n) is 9.50. The van der Waals surface area contributed by atoms with Crippen molar-refractivity contribution >= 4 is 44.7 Å². The summed E-state index contributed by atoms with van der Waals surface area (Å²) in [6.45, 7) is 0.506. The van der Waals surface area contributed by atoms with Crippen molar-refractivity contribution in [1.82, 2.24) is 0 Å². The van der Waals surface area contributed by atoms with Crippen molar-refractivity contribution in [3.63, 3.8) is 0 Å². The van der Waals surface area contributed by atoms with Crippen LogP contribution in [0.1, 0.15) is 4.88 Å². The number of thioether (sulfide) groups is 1. The van der Waals surface area contributed by atoms with Crippen LogP contribution in [0.25, 0.3) is 0 Å². The second kappa shape index (κ2) is 6.19. The number of benzene rings is 1. The highest BCUT2D eigenvalue weighted by molar-refractivity contribution is 9.10. The maximum atomic E-state index is 12.4. The average molecular weight is 368 g/mol. The van der Waals surface area contributed by atoms with Crippen LogP contribution >= 0.6 is 39.0 Å². The second-order valence-electron chi connectivity index (χ2n) is 3.63. The molecule has 102 valence electrons. The number of nitrogens with one attached hydrogen (secondary N) is 1. The van der Waals surface area contributed by atoms with Crippen molar-refractivity contribution < 1.29 is 13.2 Å². The van der Waals surface area contributed by atoms with E-state index in [0.717, 1.165) is 9.35 Å². The molecule has 1 aromatic heterocycles. The van der Waals surface area contributed by atoms with Gasteiger partial charge in [-0.25, -0.2) is 0 Å². The molecule has 0 aliphatic rings. The lowest BCUT2D eigenvalue weighted by atomic mass is 10.3. The molecule has 0 saturated heterocycles. The monoisotopic (exact) mass is 367 g/mol. The third kappa shape index (κ3) is 4.74. The predicted octanol–water partition coefficient (Wildman–Crippen LogP) is 5.73. The van der Waals surface area contributed by atoms with Gasteiger partial charge in [0.05, 0.1) is 0 Å². The van der Waals surface area contributed by atoms with Crippen LogP contribution in [0.2, 0.25) is 0 Å². The fraction of sp³-hybridized carbons (Fsp3) is 0.167. The highest BCUT2D eigenvalue weighted by atomic mass is 79.9. The Kier molecular flexibility index (Phi) is 4.81. The van der Waals surface area contributed by atoms with Crippen LogP contribution in [0.5, 0.6) is 0 Å². The van der Waals surface area contributed by atoms with Crippen molar-refractivity contribution in [2.75, 3.05) is 5.32 Å². The first-order valence-corrected chi connectivity index (χ1v) is 7.74. The van der Waals surface area contributed by atoms with Gasteiger partial charge in [0.15, 0.2) is 0 Å². The predicted molar refractivity (Wildman–Crippen MR) is 77.7 cm³/mol. The molecule has 0 fully saturated rings. The maximum Gasteiger partial charge on any atom is 0.446 e. The third-order valence-corrected chi connectivity index (χ3v) is 4.69. The number of hydrogen-bond donors (Lipinski definition) is 1. The van der Waals surface area contributed by atoms with Crippen LogP contribution in [-0.4, -0.2) is 5.51 Å². The Morgan fingerprint density at radius 2 is 2.00 bits per heavy atom. The highest BCUT2D eigenvalue weighted by Crippen LogP contribution is 2.40. The Morgan fingerprint density at radius 1 is 1.26 bits per heavy atom. The van der Waals surface area contributed by atoms with Crippen LogP contribution in [0.3, 0.4) is 0 Å². The van der Waals surface area contributed by atoms with E-state index >= 15 is 0 Å². The Bertz CT molecular complexity index is 554. The van der Waals surface area contributed by atoms with Crippen molar-refractivity contribution in [3.8, 4) is 0 Å². The number of halogens is 4. The van der Waals surface area contributed by atoms with E-state index in [4.69, 9.17) is 0 Å². The van der Waals surface area contributed by atoms with E-state index in [-0.39, 0.29) is 16.7 Å². The minimum absolute atomic E-state index is 0.101. The number of para-hydroxylation sites is 1. The molecule has 0 aliphatic heterocycles. The lowest BCUT2D eigenvalue weighted by Crippen LogP contribution is -2.03. The van der Waals surface area contributed by atoms with Crippen LogP contribution in [0, 0.1) is 0 Å². The number of anilines is 1. The number of rotatable bonds is 4. The van der Waals surface area contributed by atoms with E-state index in [0.29, 0.717) is 12.2 Å². The van der Waals surface area contributed by atoms with E-state index in [2.05, 4.69) is 21.2 Å². The minimum Gasteiger partial charge on any atom is -0.379 e. The number of alkyl halides is 3. The van der Waals surface area contributed by atoms with Crippen molar-refractivity contribution in [1.29, 1.82) is 0 Å². The van der Waals surface area contributed by atoms with E-state index < -0.39 is 5.51 Å². The summed E-state index contributed by atoms with van der Waals surface area (Å²) in [6.07, 6.45) is 0. The third-order valence-electron chi connectivity index (χ3n) is 2.19. The lowest BCUT2D eigenvalue weighted by Gasteiger charge is -2.12. The van der Waals surface area contributed by atoms with Crippen molar-refractivity contribution in [2.24, 2.45) is 0 Å². The fourth-order valence-corrected chi connectivity index (χ4v) is 3.49.